The highest BCUT2D eigenvalue weighted by atomic mass is 79.9. The van der Waals surface area contributed by atoms with E-state index in [-0.39, 0.29) is 0 Å². The van der Waals surface area contributed by atoms with Gasteiger partial charge in [0.25, 0.3) is 0 Å². The molecule has 1 saturated heterocycles. The van der Waals surface area contributed by atoms with Crippen LogP contribution < -0.4 is 10.2 Å². The maximum atomic E-state index is 3.61. The van der Waals surface area contributed by atoms with Crippen LogP contribution in [0.1, 0.15) is 38.8 Å². The number of anilines is 1. The van der Waals surface area contributed by atoms with Gasteiger partial charge in [-0.1, -0.05) is 35.8 Å². The Kier molecular flexibility index (Phi) is 4.91. The lowest BCUT2D eigenvalue weighted by atomic mass is 9.88. The fourth-order valence-corrected chi connectivity index (χ4v) is 3.14. The number of hydrogen-bond donors (Lipinski definition) is 1. The van der Waals surface area contributed by atoms with Crippen molar-refractivity contribution in [3.63, 3.8) is 0 Å². The van der Waals surface area contributed by atoms with Crippen molar-refractivity contribution in [1.82, 2.24) is 5.32 Å². The lowest BCUT2D eigenvalue weighted by Crippen LogP contribution is -2.39. The van der Waals surface area contributed by atoms with Crippen LogP contribution in [0.3, 0.4) is 0 Å². The molecule has 2 nitrogen and oxygen atoms in total. The van der Waals surface area contributed by atoms with Gasteiger partial charge < -0.3 is 10.2 Å². The van der Waals surface area contributed by atoms with Crippen molar-refractivity contribution >= 4 is 21.6 Å². The van der Waals surface area contributed by atoms with Crippen LogP contribution in [-0.4, -0.2) is 20.1 Å². The number of hydrogen-bond acceptors (Lipinski definition) is 2. The van der Waals surface area contributed by atoms with Gasteiger partial charge in [0.15, 0.2) is 0 Å². The van der Waals surface area contributed by atoms with Crippen LogP contribution in [-0.2, 0) is 0 Å². The standard InChI is InChI=1S/C16H25BrN2/c1-11-7-8-19(10-12(11)2)16-9-14(17)5-6-15(16)13(3)18-4/h5-6,9,11-13,18H,7-8,10H2,1-4H3. The summed E-state index contributed by atoms with van der Waals surface area (Å²) in [4.78, 5) is 2.55. The second-order valence-corrected chi connectivity index (χ2v) is 6.82. The minimum Gasteiger partial charge on any atom is -0.371 e. The van der Waals surface area contributed by atoms with Gasteiger partial charge in [-0.2, -0.15) is 0 Å². The first-order valence-electron chi connectivity index (χ1n) is 7.24. The Morgan fingerprint density at radius 3 is 2.68 bits per heavy atom. The van der Waals surface area contributed by atoms with E-state index in [0.717, 1.165) is 11.8 Å². The van der Waals surface area contributed by atoms with Gasteiger partial charge in [0.05, 0.1) is 0 Å². The van der Waals surface area contributed by atoms with Crippen molar-refractivity contribution in [2.75, 3.05) is 25.0 Å². The Bertz CT molecular complexity index is 433. The molecule has 0 amide bonds. The average Bonchev–Trinajstić information content (AvgIpc) is 2.41. The van der Waals surface area contributed by atoms with Gasteiger partial charge in [-0.3, -0.25) is 0 Å². The van der Waals surface area contributed by atoms with Crippen LogP contribution in [0.5, 0.6) is 0 Å². The number of piperidine rings is 1. The molecule has 0 bridgehead atoms. The Hall–Kier alpha value is -0.540. The molecule has 2 rings (SSSR count). The molecular weight excluding hydrogens is 300 g/mol. The molecule has 1 aromatic rings. The summed E-state index contributed by atoms with van der Waals surface area (Å²) in [6.45, 7) is 9.31. The van der Waals surface area contributed by atoms with E-state index in [9.17, 15) is 0 Å². The quantitative estimate of drug-likeness (QED) is 0.895. The van der Waals surface area contributed by atoms with Crippen molar-refractivity contribution in [2.45, 2.75) is 33.2 Å². The monoisotopic (exact) mass is 324 g/mol. The highest BCUT2D eigenvalue weighted by Crippen LogP contribution is 2.33. The van der Waals surface area contributed by atoms with Crippen molar-refractivity contribution in [3.8, 4) is 0 Å². The summed E-state index contributed by atoms with van der Waals surface area (Å²) in [5, 5.41) is 3.36. The SMILES string of the molecule is CNC(C)c1ccc(Br)cc1N1CCC(C)C(C)C1. The normalized spacial score (nSPS) is 25.4. The summed E-state index contributed by atoms with van der Waals surface area (Å²) < 4.78 is 1.17. The maximum Gasteiger partial charge on any atom is 0.0426 e. The number of nitrogens with zero attached hydrogens (tertiary/aromatic N) is 1. The lowest BCUT2D eigenvalue weighted by Gasteiger charge is -2.38. The Labute approximate surface area is 125 Å². The predicted octanol–water partition coefficient (Wildman–Crippen LogP) is 4.21. The second-order valence-electron chi connectivity index (χ2n) is 5.90. The molecule has 0 radical (unpaired) electrons. The first kappa shape index (κ1) is 14.9. The highest BCUT2D eigenvalue weighted by Gasteiger charge is 2.25. The van der Waals surface area contributed by atoms with Crippen molar-refractivity contribution < 1.29 is 0 Å². The van der Waals surface area contributed by atoms with E-state index in [2.05, 4.69) is 65.1 Å². The largest absolute Gasteiger partial charge is 0.371 e. The van der Waals surface area contributed by atoms with Crippen LogP contribution >= 0.6 is 15.9 Å². The zero-order chi connectivity index (χ0) is 14.0. The first-order valence-corrected chi connectivity index (χ1v) is 8.04. The third-order valence-corrected chi connectivity index (χ3v) is 5.06. The molecule has 3 unspecified atom stereocenters. The van der Waals surface area contributed by atoms with Gasteiger partial charge in [-0.25, -0.2) is 0 Å². The molecular formula is C16H25BrN2. The summed E-state index contributed by atoms with van der Waals surface area (Å²) in [6, 6.07) is 7.04. The topological polar surface area (TPSA) is 15.3 Å². The smallest absolute Gasteiger partial charge is 0.0426 e. The molecule has 19 heavy (non-hydrogen) atoms. The molecule has 1 aliphatic rings. The van der Waals surface area contributed by atoms with Crippen LogP contribution in [0.25, 0.3) is 0 Å². The van der Waals surface area contributed by atoms with Crippen molar-refractivity contribution in [1.29, 1.82) is 0 Å². The molecule has 0 aliphatic carbocycles. The second kappa shape index (κ2) is 6.27. The third kappa shape index (κ3) is 3.32. The molecule has 3 atom stereocenters. The molecule has 3 heteroatoms. The molecule has 106 valence electrons. The van der Waals surface area contributed by atoms with Crippen LogP contribution in [0.15, 0.2) is 22.7 Å². The first-order chi connectivity index (χ1) is 9.02. The molecule has 1 aromatic carbocycles. The van der Waals surface area contributed by atoms with Crippen molar-refractivity contribution in [2.24, 2.45) is 11.8 Å². The van der Waals surface area contributed by atoms with E-state index in [1.54, 1.807) is 0 Å². The number of halogens is 1. The Morgan fingerprint density at radius 1 is 1.32 bits per heavy atom. The van der Waals surface area contributed by atoms with Crippen LogP contribution in [0.2, 0.25) is 0 Å². The zero-order valence-corrected chi connectivity index (χ0v) is 14.0. The minimum atomic E-state index is 0.387. The van der Waals surface area contributed by atoms with Gasteiger partial charge in [0, 0.05) is 29.3 Å². The van der Waals surface area contributed by atoms with Gasteiger partial charge in [-0.05, 0) is 49.9 Å². The van der Waals surface area contributed by atoms with E-state index < -0.39 is 0 Å². The Balaban J connectivity index is 2.30. The molecule has 1 heterocycles. The van der Waals surface area contributed by atoms with E-state index in [1.165, 1.54) is 35.2 Å². The maximum absolute atomic E-state index is 3.61. The molecule has 1 fully saturated rings. The highest BCUT2D eigenvalue weighted by molar-refractivity contribution is 9.10. The number of rotatable bonds is 3. The molecule has 0 saturated carbocycles. The fourth-order valence-electron chi connectivity index (χ4n) is 2.79. The van der Waals surface area contributed by atoms with Crippen LogP contribution in [0.4, 0.5) is 5.69 Å². The lowest BCUT2D eigenvalue weighted by molar-refractivity contribution is 0.323. The van der Waals surface area contributed by atoms with E-state index >= 15 is 0 Å². The third-order valence-electron chi connectivity index (χ3n) is 4.57. The van der Waals surface area contributed by atoms with Gasteiger partial charge in [0.2, 0.25) is 0 Å². The predicted molar refractivity (Wildman–Crippen MR) is 86.8 cm³/mol. The zero-order valence-electron chi connectivity index (χ0n) is 12.4. The van der Waals surface area contributed by atoms with Crippen molar-refractivity contribution in [3.05, 3.63) is 28.2 Å². The van der Waals surface area contributed by atoms with E-state index in [0.29, 0.717) is 6.04 Å². The van der Waals surface area contributed by atoms with E-state index in [4.69, 9.17) is 0 Å². The van der Waals surface area contributed by atoms with Gasteiger partial charge in [0.1, 0.15) is 0 Å². The summed E-state index contributed by atoms with van der Waals surface area (Å²) in [6.07, 6.45) is 1.29. The fraction of sp³-hybridized carbons (Fsp3) is 0.625. The summed E-state index contributed by atoms with van der Waals surface area (Å²) in [5.41, 5.74) is 2.78. The van der Waals surface area contributed by atoms with Gasteiger partial charge >= 0.3 is 0 Å². The Morgan fingerprint density at radius 2 is 2.05 bits per heavy atom. The number of benzene rings is 1. The molecule has 0 aromatic heterocycles. The van der Waals surface area contributed by atoms with E-state index in [1.807, 2.05) is 7.05 Å². The summed E-state index contributed by atoms with van der Waals surface area (Å²) in [5.74, 6) is 1.61. The van der Waals surface area contributed by atoms with Crippen LogP contribution in [0, 0.1) is 11.8 Å². The summed E-state index contributed by atoms with van der Waals surface area (Å²) >= 11 is 3.61. The average molecular weight is 325 g/mol. The molecule has 1 aliphatic heterocycles. The summed E-state index contributed by atoms with van der Waals surface area (Å²) in [7, 11) is 2.03. The van der Waals surface area contributed by atoms with Gasteiger partial charge in [-0.15, -0.1) is 0 Å². The molecule has 0 spiro atoms. The minimum absolute atomic E-state index is 0.387. The number of nitrogens with one attached hydrogen (secondary N) is 1. The molecule has 1 N–H and O–H groups in total.